The lowest BCUT2D eigenvalue weighted by Crippen LogP contribution is -1.96. The number of rotatable bonds is 1. The number of H-pyrrole nitrogens is 1. The summed E-state index contributed by atoms with van der Waals surface area (Å²) in [6.45, 7) is 0. The molecule has 3 aromatic rings. The van der Waals surface area contributed by atoms with E-state index in [1.807, 2.05) is 12.1 Å². The third-order valence-corrected chi connectivity index (χ3v) is 4.12. The fraction of sp³-hybridized carbons (Fsp3) is 0.118. The van der Waals surface area contributed by atoms with Crippen molar-refractivity contribution in [2.45, 2.75) is 12.8 Å². The van der Waals surface area contributed by atoms with Gasteiger partial charge in [-0.2, -0.15) is 0 Å². The van der Waals surface area contributed by atoms with Gasteiger partial charge in [-0.3, -0.25) is 0 Å². The van der Waals surface area contributed by atoms with Gasteiger partial charge < -0.3 is 15.2 Å². The summed E-state index contributed by atoms with van der Waals surface area (Å²) < 4.78 is 0. The Morgan fingerprint density at radius 1 is 1.19 bits per heavy atom. The zero-order valence-electron chi connectivity index (χ0n) is 11.2. The summed E-state index contributed by atoms with van der Waals surface area (Å²) in [5, 5.41) is 21.8. The van der Waals surface area contributed by atoms with Gasteiger partial charge in [0.1, 0.15) is 11.3 Å². The van der Waals surface area contributed by atoms with Gasteiger partial charge in [-0.15, -0.1) is 0 Å². The third kappa shape index (κ3) is 1.65. The Kier molecular flexibility index (Phi) is 2.36. The van der Waals surface area contributed by atoms with Crippen LogP contribution in [0, 0.1) is 0 Å². The zero-order valence-corrected chi connectivity index (χ0v) is 11.2. The van der Waals surface area contributed by atoms with E-state index in [4.69, 9.17) is 5.11 Å². The van der Waals surface area contributed by atoms with Crippen molar-refractivity contribution >= 4 is 33.7 Å². The summed E-state index contributed by atoms with van der Waals surface area (Å²) in [5.74, 6) is -1.33. The Hall–Kier alpha value is -2.75. The van der Waals surface area contributed by atoms with Crippen LogP contribution < -0.4 is 0 Å². The fourth-order valence-electron chi connectivity index (χ4n) is 3.11. The molecule has 0 unspecified atom stereocenters. The van der Waals surface area contributed by atoms with Crippen molar-refractivity contribution < 1.29 is 15.0 Å². The molecular weight excluding hydrogens is 266 g/mol. The van der Waals surface area contributed by atoms with Gasteiger partial charge in [0.05, 0.1) is 5.52 Å². The molecule has 0 amide bonds. The molecule has 4 nitrogen and oxygen atoms in total. The quantitative estimate of drug-likeness (QED) is 0.636. The highest BCUT2D eigenvalue weighted by Crippen LogP contribution is 2.35. The molecule has 21 heavy (non-hydrogen) atoms. The lowest BCUT2D eigenvalue weighted by molar-refractivity contribution is 0.0694. The summed E-state index contributed by atoms with van der Waals surface area (Å²) in [4.78, 5) is 14.5. The summed E-state index contributed by atoms with van der Waals surface area (Å²) in [6, 6.07) is 6.99. The number of carboxylic acid groups (broad SMARTS) is 1. The van der Waals surface area contributed by atoms with E-state index in [1.54, 1.807) is 0 Å². The second-order valence-electron chi connectivity index (χ2n) is 5.34. The monoisotopic (exact) mass is 279 g/mol. The number of nitrogens with one attached hydrogen (secondary N) is 1. The first-order chi connectivity index (χ1) is 10.1. The normalized spacial score (nSPS) is 13.7. The third-order valence-electron chi connectivity index (χ3n) is 4.12. The number of hydrogen-bond donors (Lipinski definition) is 3. The molecule has 0 saturated heterocycles. The van der Waals surface area contributed by atoms with Crippen molar-refractivity contribution in [3.8, 4) is 5.75 Å². The maximum absolute atomic E-state index is 11.1. The molecule has 0 radical (unpaired) electrons. The van der Waals surface area contributed by atoms with Crippen molar-refractivity contribution in [3.63, 3.8) is 0 Å². The van der Waals surface area contributed by atoms with E-state index in [-0.39, 0.29) is 11.3 Å². The van der Waals surface area contributed by atoms with Gasteiger partial charge in [-0.25, -0.2) is 4.79 Å². The molecule has 0 saturated carbocycles. The molecule has 2 aromatic carbocycles. The number of carboxylic acids is 1. The van der Waals surface area contributed by atoms with Gasteiger partial charge in [-0.1, -0.05) is 18.2 Å². The van der Waals surface area contributed by atoms with Crippen LogP contribution in [0.1, 0.15) is 28.0 Å². The first-order valence-electron chi connectivity index (χ1n) is 6.85. The molecule has 4 heteroatoms. The van der Waals surface area contributed by atoms with Crippen LogP contribution in [0.5, 0.6) is 5.75 Å². The van der Waals surface area contributed by atoms with Crippen molar-refractivity contribution in [2.75, 3.05) is 0 Å². The minimum absolute atomic E-state index is 0.0712. The second kappa shape index (κ2) is 4.12. The summed E-state index contributed by atoms with van der Waals surface area (Å²) in [6.07, 6.45) is 6.24. The van der Waals surface area contributed by atoms with Gasteiger partial charge in [-0.05, 0) is 42.0 Å². The largest absolute Gasteiger partial charge is 0.507 e. The summed E-state index contributed by atoms with van der Waals surface area (Å²) in [7, 11) is 0. The SMILES string of the molecule is O=C(O)c1cc2ccc3c4c([nH]c3c2cc1O)C=CCC4. The van der Waals surface area contributed by atoms with E-state index in [9.17, 15) is 9.90 Å². The Morgan fingerprint density at radius 3 is 2.86 bits per heavy atom. The van der Waals surface area contributed by atoms with Crippen LogP contribution in [-0.4, -0.2) is 21.2 Å². The van der Waals surface area contributed by atoms with E-state index in [0.717, 1.165) is 40.2 Å². The van der Waals surface area contributed by atoms with Crippen LogP contribution in [-0.2, 0) is 6.42 Å². The number of aromatic amines is 1. The van der Waals surface area contributed by atoms with Gasteiger partial charge in [0.15, 0.2) is 0 Å². The topological polar surface area (TPSA) is 73.3 Å². The molecule has 0 aliphatic heterocycles. The first-order valence-corrected chi connectivity index (χ1v) is 6.85. The van der Waals surface area contributed by atoms with Crippen molar-refractivity contribution in [1.29, 1.82) is 0 Å². The molecule has 0 spiro atoms. The molecule has 104 valence electrons. The van der Waals surface area contributed by atoms with Gasteiger partial charge >= 0.3 is 5.97 Å². The van der Waals surface area contributed by atoms with Gasteiger partial charge in [0, 0.05) is 16.5 Å². The van der Waals surface area contributed by atoms with Crippen molar-refractivity contribution in [3.05, 3.63) is 47.2 Å². The average Bonchev–Trinajstić information content (AvgIpc) is 2.85. The zero-order chi connectivity index (χ0) is 14.6. The molecule has 3 N–H and O–H groups in total. The number of aromatic nitrogens is 1. The number of carbonyl (C=O) groups is 1. The number of aromatic hydroxyl groups is 1. The van der Waals surface area contributed by atoms with Crippen LogP contribution in [0.15, 0.2) is 30.3 Å². The predicted molar refractivity (Wildman–Crippen MR) is 81.8 cm³/mol. The fourth-order valence-corrected chi connectivity index (χ4v) is 3.11. The molecule has 0 bridgehead atoms. The standard InChI is InChI=1S/C17H13NO3/c19-15-8-12-9(7-13(15)17(20)21)5-6-11-10-3-1-2-4-14(10)18-16(11)12/h2,4-8,18-19H,1,3H2,(H,20,21). The number of hydrogen-bond acceptors (Lipinski definition) is 2. The number of phenols is 1. The molecule has 1 aliphatic carbocycles. The maximum Gasteiger partial charge on any atom is 0.339 e. The van der Waals surface area contributed by atoms with E-state index in [2.05, 4.69) is 17.1 Å². The maximum atomic E-state index is 11.1. The smallest absolute Gasteiger partial charge is 0.339 e. The summed E-state index contributed by atoms with van der Waals surface area (Å²) >= 11 is 0. The number of fused-ring (bicyclic) bond motifs is 5. The van der Waals surface area contributed by atoms with Crippen LogP contribution >= 0.6 is 0 Å². The second-order valence-corrected chi connectivity index (χ2v) is 5.34. The van der Waals surface area contributed by atoms with Gasteiger partial charge in [0.25, 0.3) is 0 Å². The number of aromatic carboxylic acids is 1. The average molecular weight is 279 g/mol. The van der Waals surface area contributed by atoms with Crippen LogP contribution in [0.25, 0.3) is 27.8 Å². The minimum atomic E-state index is -1.12. The molecular formula is C17H13NO3. The molecule has 1 aliphatic rings. The van der Waals surface area contributed by atoms with E-state index >= 15 is 0 Å². The summed E-state index contributed by atoms with van der Waals surface area (Å²) in [5.41, 5.74) is 3.27. The lowest BCUT2D eigenvalue weighted by Gasteiger charge is -2.06. The highest BCUT2D eigenvalue weighted by molar-refractivity contribution is 6.10. The Labute approximate surface area is 120 Å². The van der Waals surface area contributed by atoms with Crippen molar-refractivity contribution in [2.24, 2.45) is 0 Å². The molecule has 1 aromatic heterocycles. The molecule has 0 fully saturated rings. The Balaban J connectivity index is 2.10. The Bertz CT molecular complexity index is 934. The van der Waals surface area contributed by atoms with Crippen LogP contribution in [0.2, 0.25) is 0 Å². The minimum Gasteiger partial charge on any atom is -0.507 e. The van der Waals surface area contributed by atoms with Gasteiger partial charge in [0.2, 0.25) is 0 Å². The first kappa shape index (κ1) is 12.0. The van der Waals surface area contributed by atoms with E-state index in [1.165, 1.54) is 17.7 Å². The predicted octanol–water partition coefficient (Wildman–Crippen LogP) is 3.68. The lowest BCUT2D eigenvalue weighted by atomic mass is 9.98. The van der Waals surface area contributed by atoms with Crippen LogP contribution in [0.4, 0.5) is 0 Å². The Morgan fingerprint density at radius 2 is 2.05 bits per heavy atom. The molecule has 1 heterocycles. The highest BCUT2D eigenvalue weighted by Gasteiger charge is 2.16. The van der Waals surface area contributed by atoms with E-state index in [0.29, 0.717) is 0 Å². The molecule has 4 rings (SSSR count). The highest BCUT2D eigenvalue weighted by atomic mass is 16.4. The number of benzene rings is 2. The van der Waals surface area contributed by atoms with Crippen molar-refractivity contribution in [1.82, 2.24) is 4.98 Å². The number of allylic oxidation sites excluding steroid dienone is 1. The van der Waals surface area contributed by atoms with E-state index < -0.39 is 5.97 Å². The molecule has 0 atom stereocenters. The number of aryl methyl sites for hydroxylation is 1. The van der Waals surface area contributed by atoms with Crippen LogP contribution in [0.3, 0.4) is 0 Å².